The molecule has 0 aliphatic rings. The van der Waals surface area contributed by atoms with Gasteiger partial charge in [0.05, 0.1) is 19.3 Å². The first kappa shape index (κ1) is 34.6. The van der Waals surface area contributed by atoms with Crippen LogP contribution in [0.15, 0.2) is 91.0 Å². The molecule has 0 unspecified atom stereocenters. The van der Waals surface area contributed by atoms with Crippen LogP contribution in [0.2, 0.25) is 0 Å². The Morgan fingerprint density at radius 1 is 0.396 bits per heavy atom. The topological polar surface area (TPSA) is 166 Å². The van der Waals surface area contributed by atoms with Crippen LogP contribution in [0, 0.1) is 0 Å². The van der Waals surface area contributed by atoms with Gasteiger partial charge >= 0.3 is 0 Å². The Kier molecular flexibility index (Phi) is 11.8. The number of amides is 3. The van der Waals surface area contributed by atoms with Crippen molar-refractivity contribution in [2.75, 3.05) is 16.0 Å². The van der Waals surface area contributed by atoms with E-state index in [9.17, 15) is 28.8 Å². The number of rotatable bonds is 15. The summed E-state index contributed by atoms with van der Waals surface area (Å²) in [6.07, 6.45) is -0.660. The molecule has 0 aliphatic carbocycles. The molecule has 12 heteroatoms. The summed E-state index contributed by atoms with van der Waals surface area (Å²) in [5.74, 6) is 0.428. The van der Waals surface area contributed by atoms with Crippen molar-refractivity contribution in [2.45, 2.75) is 40.0 Å². The smallest absolute Gasteiger partial charge is 0.231 e. The number of Topliss-reactive ketones (excluding diaryl/α,β-unsaturated/α-hetero) is 3. The second-order valence-electron chi connectivity index (χ2n) is 10.8. The van der Waals surface area contributed by atoms with Crippen molar-refractivity contribution in [2.24, 2.45) is 0 Å². The van der Waals surface area contributed by atoms with Crippen molar-refractivity contribution in [1.82, 2.24) is 0 Å². The van der Waals surface area contributed by atoms with Crippen molar-refractivity contribution in [1.29, 1.82) is 0 Å². The number of benzene rings is 4. The molecule has 4 rings (SSSR count). The van der Waals surface area contributed by atoms with Crippen LogP contribution in [0.3, 0.4) is 0 Å². The summed E-state index contributed by atoms with van der Waals surface area (Å²) in [6, 6.07) is 24.6. The van der Waals surface area contributed by atoms with Gasteiger partial charge in [-0.3, -0.25) is 28.8 Å². The van der Waals surface area contributed by atoms with Gasteiger partial charge in [-0.15, -0.1) is 0 Å². The predicted molar refractivity (Wildman–Crippen MR) is 178 cm³/mol. The predicted octanol–water partition coefficient (Wildman–Crippen LogP) is 6.82. The number of carbonyl (C=O) groups excluding carboxylic acids is 6. The zero-order valence-corrected chi connectivity index (χ0v) is 26.5. The third kappa shape index (κ3) is 11.6. The van der Waals surface area contributed by atoms with Gasteiger partial charge in [0.15, 0.2) is 0 Å². The molecule has 0 bridgehead atoms. The van der Waals surface area contributed by atoms with E-state index in [-0.39, 0.29) is 36.6 Å². The molecule has 0 spiro atoms. The molecule has 246 valence electrons. The van der Waals surface area contributed by atoms with Gasteiger partial charge in [-0.05, 0) is 93.6 Å². The molecule has 0 saturated heterocycles. The van der Waals surface area contributed by atoms with E-state index in [4.69, 9.17) is 14.2 Å². The summed E-state index contributed by atoms with van der Waals surface area (Å²) in [6.45, 7) is 4.02. The molecule has 0 radical (unpaired) electrons. The second kappa shape index (κ2) is 16.3. The number of hydrogen-bond acceptors (Lipinski definition) is 9. The van der Waals surface area contributed by atoms with Crippen LogP contribution in [0.25, 0.3) is 0 Å². The van der Waals surface area contributed by atoms with E-state index in [0.29, 0.717) is 51.6 Å². The highest BCUT2D eigenvalue weighted by molar-refractivity contribution is 6.04. The average molecular weight is 652 g/mol. The fraction of sp³-hybridized carbons (Fsp3) is 0.167. The number of ketones is 3. The summed E-state index contributed by atoms with van der Waals surface area (Å²) in [7, 11) is 0. The molecule has 0 atom stereocenters. The summed E-state index contributed by atoms with van der Waals surface area (Å²) in [5, 5.41) is 7.95. The van der Waals surface area contributed by atoms with Gasteiger partial charge in [-0.1, -0.05) is 0 Å². The maximum absolute atomic E-state index is 11.9. The summed E-state index contributed by atoms with van der Waals surface area (Å²) in [5.41, 5.74) is 1.49. The van der Waals surface area contributed by atoms with E-state index in [1.165, 1.54) is 20.8 Å². The normalized spacial score (nSPS) is 10.3. The van der Waals surface area contributed by atoms with Crippen LogP contribution < -0.4 is 30.2 Å². The lowest BCUT2D eigenvalue weighted by Gasteiger charge is -2.14. The quantitative estimate of drug-likeness (QED) is 0.117. The highest BCUT2D eigenvalue weighted by atomic mass is 16.5. The van der Waals surface area contributed by atoms with Crippen LogP contribution >= 0.6 is 0 Å². The minimum Gasteiger partial charge on any atom is -0.457 e. The van der Waals surface area contributed by atoms with Crippen molar-refractivity contribution in [3.63, 3.8) is 0 Å². The maximum Gasteiger partial charge on any atom is 0.231 e. The SMILES string of the molecule is CC(=O)CC(=O)Nc1ccc(Oc2cc(Oc3ccc(NC(=O)CC(C)=O)cc3)cc(Oc3ccc(NC(=O)CC(C)=O)cc3)c2)cc1. The van der Waals surface area contributed by atoms with Gasteiger partial charge in [0, 0.05) is 35.3 Å². The first-order chi connectivity index (χ1) is 22.9. The number of nitrogens with one attached hydrogen (secondary N) is 3. The van der Waals surface area contributed by atoms with Gasteiger partial charge in [-0.25, -0.2) is 0 Å². The van der Waals surface area contributed by atoms with Crippen molar-refractivity contribution in [3.05, 3.63) is 91.0 Å². The molecule has 0 aromatic heterocycles. The molecule has 4 aromatic carbocycles. The lowest BCUT2D eigenvalue weighted by molar-refractivity contribution is -0.125. The van der Waals surface area contributed by atoms with Crippen molar-refractivity contribution in [3.8, 4) is 34.5 Å². The van der Waals surface area contributed by atoms with Gasteiger partial charge in [0.2, 0.25) is 17.7 Å². The third-order valence-corrected chi connectivity index (χ3v) is 6.20. The van der Waals surface area contributed by atoms with E-state index >= 15 is 0 Å². The molecule has 12 nitrogen and oxygen atoms in total. The Morgan fingerprint density at radius 3 is 0.833 bits per heavy atom. The molecular formula is C36H33N3O9. The lowest BCUT2D eigenvalue weighted by atomic mass is 10.2. The zero-order valence-electron chi connectivity index (χ0n) is 26.5. The van der Waals surface area contributed by atoms with Crippen LogP contribution in [0.4, 0.5) is 17.1 Å². The molecule has 0 heterocycles. The van der Waals surface area contributed by atoms with E-state index in [1.807, 2.05) is 0 Å². The largest absolute Gasteiger partial charge is 0.457 e. The standard InChI is InChI=1S/C36H33N3O9/c1-22(40)16-34(43)37-25-4-10-28(11-5-25)46-31-19-32(47-29-12-6-26(7-13-29)38-35(44)17-23(2)41)21-33(20-31)48-30-14-8-27(9-15-30)39-36(45)18-24(3)42/h4-15,19-21H,16-18H2,1-3H3,(H,37,43)(H,38,44)(H,39,45). The second-order valence-corrected chi connectivity index (χ2v) is 10.8. The maximum atomic E-state index is 11.9. The number of carbonyl (C=O) groups is 6. The average Bonchev–Trinajstić information content (AvgIpc) is 2.99. The molecule has 3 N–H and O–H groups in total. The van der Waals surface area contributed by atoms with Crippen LogP contribution in [0.5, 0.6) is 34.5 Å². The summed E-state index contributed by atoms with van der Waals surface area (Å²) < 4.78 is 18.2. The van der Waals surface area contributed by atoms with E-state index in [1.54, 1.807) is 91.0 Å². The van der Waals surface area contributed by atoms with Gasteiger partial charge < -0.3 is 30.2 Å². The molecule has 0 saturated carbocycles. The van der Waals surface area contributed by atoms with Crippen LogP contribution in [-0.2, 0) is 28.8 Å². The van der Waals surface area contributed by atoms with Crippen molar-refractivity contribution < 1.29 is 43.0 Å². The fourth-order valence-electron chi connectivity index (χ4n) is 4.24. The Hall–Kier alpha value is -6.30. The molecule has 0 aliphatic heterocycles. The minimum absolute atomic E-state index is 0.220. The first-order valence-electron chi connectivity index (χ1n) is 14.8. The molecule has 4 aromatic rings. The third-order valence-electron chi connectivity index (χ3n) is 6.20. The van der Waals surface area contributed by atoms with Gasteiger partial charge in [0.1, 0.15) is 51.8 Å². The Bertz CT molecular complexity index is 1590. The first-order valence-corrected chi connectivity index (χ1v) is 14.8. The van der Waals surface area contributed by atoms with Crippen molar-refractivity contribution >= 4 is 52.1 Å². The van der Waals surface area contributed by atoms with E-state index in [2.05, 4.69) is 16.0 Å². The summed E-state index contributed by atoms with van der Waals surface area (Å²) in [4.78, 5) is 69.4. The highest BCUT2D eigenvalue weighted by Gasteiger charge is 2.11. The van der Waals surface area contributed by atoms with Crippen LogP contribution in [0.1, 0.15) is 40.0 Å². The Morgan fingerprint density at radius 2 is 0.625 bits per heavy atom. The molecule has 3 amide bonds. The number of ether oxygens (including phenoxy) is 3. The van der Waals surface area contributed by atoms with E-state index in [0.717, 1.165) is 0 Å². The van der Waals surface area contributed by atoms with Crippen LogP contribution in [-0.4, -0.2) is 35.1 Å². The van der Waals surface area contributed by atoms with Gasteiger partial charge in [-0.2, -0.15) is 0 Å². The Balaban J connectivity index is 1.52. The monoisotopic (exact) mass is 651 g/mol. The summed E-state index contributed by atoms with van der Waals surface area (Å²) >= 11 is 0. The number of hydrogen-bond donors (Lipinski definition) is 3. The minimum atomic E-state index is -0.416. The molecule has 48 heavy (non-hydrogen) atoms. The zero-order chi connectivity index (χ0) is 34.6. The molecule has 0 fully saturated rings. The van der Waals surface area contributed by atoms with Gasteiger partial charge in [0.25, 0.3) is 0 Å². The fourth-order valence-corrected chi connectivity index (χ4v) is 4.24. The molecular weight excluding hydrogens is 618 g/mol. The highest BCUT2D eigenvalue weighted by Crippen LogP contribution is 2.36. The van der Waals surface area contributed by atoms with E-state index < -0.39 is 17.7 Å². The number of anilines is 3. The lowest BCUT2D eigenvalue weighted by Crippen LogP contribution is -2.14. The Labute approximate surface area is 276 Å².